The summed E-state index contributed by atoms with van der Waals surface area (Å²) in [5.74, 6) is 1.41. The molecule has 5 aliphatic carbocycles. The highest BCUT2D eigenvalue weighted by Gasteiger charge is 2.43. The molecule has 0 fully saturated rings. The molecule has 3 unspecified atom stereocenters. The number of hydrogen-bond donors (Lipinski definition) is 0. The molecule has 0 N–H and O–H groups in total. The molecule has 5 aliphatic rings. The number of aromatic nitrogens is 2. The molecule has 6 aromatic carbocycles. The van der Waals surface area contributed by atoms with E-state index in [2.05, 4.69) is 203 Å². The van der Waals surface area contributed by atoms with Crippen LogP contribution in [0, 0.1) is 11.8 Å². The van der Waals surface area contributed by atoms with Crippen LogP contribution >= 0.6 is 0 Å². The van der Waals surface area contributed by atoms with Crippen LogP contribution in [0.25, 0.3) is 77.2 Å². The zero-order valence-corrected chi connectivity index (χ0v) is 33.5. The predicted octanol–water partition coefficient (Wildman–Crippen LogP) is 15.1. The third-order valence-electron chi connectivity index (χ3n) is 14.3. The number of para-hydroxylation sites is 2. The van der Waals surface area contributed by atoms with Crippen molar-refractivity contribution < 1.29 is 0 Å². The molecule has 0 bridgehead atoms. The lowest BCUT2D eigenvalue weighted by Crippen LogP contribution is -2.25. The maximum Gasteiger partial charge on any atom is 0.0560 e. The molecule has 8 aromatic rings. The minimum atomic E-state index is 0.236. The average Bonchev–Trinajstić information content (AvgIpc) is 3.95. The van der Waals surface area contributed by atoms with Gasteiger partial charge in [-0.1, -0.05) is 152 Å². The van der Waals surface area contributed by atoms with Gasteiger partial charge < -0.3 is 9.13 Å². The smallest absolute Gasteiger partial charge is 0.0560 e. The van der Waals surface area contributed by atoms with Crippen molar-refractivity contribution in [2.75, 3.05) is 0 Å². The van der Waals surface area contributed by atoms with E-state index in [1.807, 2.05) is 0 Å². The van der Waals surface area contributed by atoms with Crippen LogP contribution in [0.2, 0.25) is 0 Å². The monoisotopic (exact) mass is 768 g/mol. The number of nitrogens with zero attached hydrogens (tertiary/aromatic N) is 2. The quantitative estimate of drug-likeness (QED) is 0.165. The van der Waals surface area contributed by atoms with Crippen molar-refractivity contribution in [3.05, 3.63) is 216 Å². The van der Waals surface area contributed by atoms with Gasteiger partial charge in [-0.25, -0.2) is 0 Å². The molecule has 2 heterocycles. The molecule has 286 valence electrons. The summed E-state index contributed by atoms with van der Waals surface area (Å²) in [4.78, 5) is 0. The van der Waals surface area contributed by atoms with E-state index in [9.17, 15) is 0 Å². The van der Waals surface area contributed by atoms with Gasteiger partial charge in [0.15, 0.2) is 0 Å². The number of allylic oxidation sites excluding steroid dienone is 14. The molecular weight excluding hydrogens is 725 g/mol. The van der Waals surface area contributed by atoms with Crippen LogP contribution < -0.4 is 0 Å². The molecule has 0 amide bonds. The molecule has 2 aromatic heterocycles. The molecule has 0 spiro atoms. The van der Waals surface area contributed by atoms with E-state index in [4.69, 9.17) is 0 Å². The first kappa shape index (κ1) is 34.0. The minimum Gasteiger partial charge on any atom is -0.333 e. The van der Waals surface area contributed by atoms with Gasteiger partial charge in [-0.3, -0.25) is 0 Å². The van der Waals surface area contributed by atoms with Crippen molar-refractivity contribution in [2.24, 2.45) is 11.8 Å². The third-order valence-corrected chi connectivity index (χ3v) is 14.3. The normalized spacial score (nSPS) is 21.6. The van der Waals surface area contributed by atoms with Crippen molar-refractivity contribution in [3.63, 3.8) is 0 Å². The van der Waals surface area contributed by atoms with Gasteiger partial charge in [0.1, 0.15) is 0 Å². The topological polar surface area (TPSA) is 9.86 Å². The largest absolute Gasteiger partial charge is 0.333 e. The Kier molecular flexibility index (Phi) is 7.54. The molecular formula is C58H44N2. The fourth-order valence-corrected chi connectivity index (χ4v) is 11.6. The molecule has 2 heteroatoms. The number of rotatable bonds is 5. The molecule has 2 nitrogen and oxygen atoms in total. The second-order valence-electron chi connectivity index (χ2n) is 17.4. The Balaban J connectivity index is 0.817. The third kappa shape index (κ3) is 5.07. The SMILES string of the molecule is C1=CCCC(n2c3ccccc3c3cc(-c4ccc5c(c4)c4ccccc4n5C4C=CC(c5cccc(C6CC=C7c8ccccc8C8=CC=CC6[C@@H]87)c5)=CC4)ccc32)=C1. The molecule has 0 radical (unpaired) electrons. The molecule has 4 atom stereocenters. The Morgan fingerprint density at radius 1 is 0.517 bits per heavy atom. The lowest BCUT2D eigenvalue weighted by atomic mass is 9.67. The maximum absolute atomic E-state index is 2.57. The lowest BCUT2D eigenvalue weighted by Gasteiger charge is -2.37. The Bertz CT molecular complexity index is 3350. The van der Waals surface area contributed by atoms with Crippen LogP contribution in [0.15, 0.2) is 194 Å². The van der Waals surface area contributed by atoms with Crippen LogP contribution in [-0.2, 0) is 0 Å². The predicted molar refractivity (Wildman–Crippen MR) is 254 cm³/mol. The summed E-state index contributed by atoms with van der Waals surface area (Å²) >= 11 is 0. The van der Waals surface area contributed by atoms with Crippen LogP contribution in [-0.4, -0.2) is 9.13 Å². The second-order valence-corrected chi connectivity index (χ2v) is 17.4. The van der Waals surface area contributed by atoms with E-state index in [1.165, 1.54) is 99.4 Å². The van der Waals surface area contributed by atoms with Gasteiger partial charge in [0.05, 0.1) is 17.1 Å². The van der Waals surface area contributed by atoms with Crippen molar-refractivity contribution in [1.82, 2.24) is 9.13 Å². The van der Waals surface area contributed by atoms with Crippen molar-refractivity contribution in [2.45, 2.75) is 37.6 Å². The first-order valence-electron chi connectivity index (χ1n) is 21.9. The van der Waals surface area contributed by atoms with Crippen LogP contribution in [0.3, 0.4) is 0 Å². The lowest BCUT2D eigenvalue weighted by molar-refractivity contribution is 0.449. The summed E-state index contributed by atoms with van der Waals surface area (Å²) in [7, 11) is 0. The highest BCUT2D eigenvalue weighted by atomic mass is 15.0. The Hall–Kier alpha value is -6.90. The molecule has 60 heavy (non-hydrogen) atoms. The summed E-state index contributed by atoms with van der Waals surface area (Å²) in [6.07, 6.45) is 27.9. The van der Waals surface area contributed by atoms with Gasteiger partial charge >= 0.3 is 0 Å². The number of fused-ring (bicyclic) bond motifs is 9. The van der Waals surface area contributed by atoms with Crippen LogP contribution in [0.5, 0.6) is 0 Å². The zero-order chi connectivity index (χ0) is 39.3. The first-order chi connectivity index (χ1) is 29.8. The van der Waals surface area contributed by atoms with Gasteiger partial charge in [-0.2, -0.15) is 0 Å². The van der Waals surface area contributed by atoms with E-state index >= 15 is 0 Å². The summed E-state index contributed by atoms with van der Waals surface area (Å²) in [6.45, 7) is 0. The van der Waals surface area contributed by atoms with E-state index in [-0.39, 0.29) is 6.04 Å². The summed E-state index contributed by atoms with van der Waals surface area (Å²) < 4.78 is 5.05. The van der Waals surface area contributed by atoms with E-state index in [0.29, 0.717) is 17.8 Å². The molecule has 0 saturated carbocycles. The van der Waals surface area contributed by atoms with Gasteiger partial charge in [0, 0.05) is 44.2 Å². The minimum absolute atomic E-state index is 0.236. The molecule has 0 saturated heterocycles. The van der Waals surface area contributed by atoms with Crippen LogP contribution in [0.4, 0.5) is 0 Å². The van der Waals surface area contributed by atoms with E-state index in [0.717, 1.165) is 25.7 Å². The van der Waals surface area contributed by atoms with E-state index < -0.39 is 0 Å². The molecule has 0 aliphatic heterocycles. The summed E-state index contributed by atoms with van der Waals surface area (Å²) in [6, 6.07) is 50.7. The van der Waals surface area contributed by atoms with Crippen molar-refractivity contribution in [1.29, 1.82) is 0 Å². The van der Waals surface area contributed by atoms with Crippen molar-refractivity contribution >= 4 is 66.0 Å². The fourth-order valence-electron chi connectivity index (χ4n) is 11.6. The Morgan fingerprint density at radius 2 is 1.23 bits per heavy atom. The standard InChI is InChI=1S/C58H44N2/c1-2-14-42(15-3-1)59-54-22-8-6-18-47(54)52-35-39(26-32-56(52)59)40-27-33-57-53(36-40)48-19-7-9-23-55(48)60(57)43-28-24-37(25-29-43)38-12-10-13-41(34-38)44-30-31-51-46-17-5-4-16-45(46)50-21-11-20-49(44)58(50)51/h1-2,4-14,16-28,31-36,43-44,49,58H,3,15,29-30H2/t43?,44?,49?,58-/m0/s1. The second kappa shape index (κ2) is 13.3. The average molecular weight is 769 g/mol. The molecule has 13 rings (SSSR count). The fraction of sp³-hybridized carbons (Fsp3) is 0.138. The summed E-state index contributed by atoms with van der Waals surface area (Å²) in [5.41, 5.74) is 19.0. The first-order valence-corrected chi connectivity index (χ1v) is 21.9. The van der Waals surface area contributed by atoms with Gasteiger partial charge in [0.25, 0.3) is 0 Å². The Labute approximate surface area is 350 Å². The highest BCUT2D eigenvalue weighted by Crippen LogP contribution is 2.57. The Morgan fingerprint density at radius 3 is 2.03 bits per heavy atom. The van der Waals surface area contributed by atoms with Gasteiger partial charge in [0.2, 0.25) is 0 Å². The van der Waals surface area contributed by atoms with Crippen LogP contribution in [0.1, 0.15) is 59.9 Å². The number of hydrogen-bond acceptors (Lipinski definition) is 0. The van der Waals surface area contributed by atoms with Gasteiger partial charge in [-0.05, 0) is 130 Å². The zero-order valence-electron chi connectivity index (χ0n) is 33.5. The van der Waals surface area contributed by atoms with Gasteiger partial charge in [-0.15, -0.1) is 0 Å². The number of benzene rings is 6. The van der Waals surface area contributed by atoms with E-state index in [1.54, 1.807) is 0 Å². The van der Waals surface area contributed by atoms with Crippen molar-refractivity contribution in [3.8, 4) is 11.1 Å². The maximum atomic E-state index is 2.57. The summed E-state index contributed by atoms with van der Waals surface area (Å²) in [5, 5.41) is 5.24. The highest BCUT2D eigenvalue weighted by molar-refractivity contribution is 6.13.